The van der Waals surface area contributed by atoms with E-state index in [1.165, 1.54) is 0 Å². The van der Waals surface area contributed by atoms with E-state index in [4.69, 9.17) is 24.9 Å². The van der Waals surface area contributed by atoms with Gasteiger partial charge in [-0.2, -0.15) is 0 Å². The Kier molecular flexibility index (Phi) is 5.60. The maximum absolute atomic E-state index is 6.28. The van der Waals surface area contributed by atoms with Crippen LogP contribution >= 0.6 is 0 Å². The van der Waals surface area contributed by atoms with E-state index < -0.39 is 0 Å². The number of nitrogens with zero attached hydrogens (tertiary/aromatic N) is 3. The van der Waals surface area contributed by atoms with Gasteiger partial charge in [-0.1, -0.05) is 6.07 Å². The van der Waals surface area contributed by atoms with Gasteiger partial charge in [0.05, 0.1) is 43.1 Å². The lowest BCUT2D eigenvalue weighted by Crippen LogP contribution is -2.16. The molecule has 2 aromatic carbocycles. The molecule has 8 nitrogen and oxygen atoms in total. The summed E-state index contributed by atoms with van der Waals surface area (Å²) in [4.78, 5) is 13.7. The Balaban J connectivity index is 1.52. The molecule has 170 valence electrons. The van der Waals surface area contributed by atoms with Crippen molar-refractivity contribution in [2.75, 3.05) is 31.4 Å². The number of nitrogens with one attached hydrogen (secondary N) is 1. The van der Waals surface area contributed by atoms with Crippen molar-refractivity contribution >= 4 is 33.3 Å². The monoisotopic (exact) mass is 445 g/mol. The molecule has 3 N–H and O–H groups in total. The summed E-state index contributed by atoms with van der Waals surface area (Å²) < 4.78 is 17.2. The predicted octanol–water partition coefficient (Wildman–Crippen LogP) is 4.42. The minimum atomic E-state index is -0.0518. The van der Waals surface area contributed by atoms with Gasteiger partial charge in [0.15, 0.2) is 11.5 Å². The number of aromatic nitrogens is 3. The molecular formula is C25H27N5O3. The number of hydrogen-bond donors (Lipinski definition) is 2. The SMILES string of the molecule is COc1cc2nc(C)nc(N[C@H](C)c3cc(N)c4ncccc4c3)c2cc1O[C@H]1CCOC1. The molecule has 0 bridgehead atoms. The molecule has 1 aliphatic heterocycles. The Hall–Kier alpha value is -3.65. The van der Waals surface area contributed by atoms with Gasteiger partial charge in [-0.05, 0) is 43.7 Å². The molecule has 0 aliphatic carbocycles. The quantitative estimate of drug-likeness (QED) is 0.420. The van der Waals surface area contributed by atoms with Gasteiger partial charge in [0, 0.05) is 29.5 Å². The smallest absolute Gasteiger partial charge is 0.162 e. The average Bonchev–Trinajstić information content (AvgIpc) is 3.32. The Bertz CT molecular complexity index is 1320. The van der Waals surface area contributed by atoms with Gasteiger partial charge in [0.25, 0.3) is 0 Å². The van der Waals surface area contributed by atoms with Crippen molar-refractivity contribution in [3.05, 3.63) is 54.0 Å². The zero-order valence-electron chi connectivity index (χ0n) is 19.0. The van der Waals surface area contributed by atoms with E-state index in [2.05, 4.69) is 28.3 Å². The summed E-state index contributed by atoms with van der Waals surface area (Å²) in [6.45, 7) is 5.24. The summed E-state index contributed by atoms with van der Waals surface area (Å²) in [7, 11) is 1.63. The van der Waals surface area contributed by atoms with Crippen LogP contribution in [0.15, 0.2) is 42.6 Å². The molecule has 2 aromatic heterocycles. The Morgan fingerprint density at radius 2 is 2.06 bits per heavy atom. The zero-order chi connectivity index (χ0) is 22.9. The Morgan fingerprint density at radius 1 is 1.18 bits per heavy atom. The number of hydrogen-bond acceptors (Lipinski definition) is 8. The number of nitrogen functional groups attached to an aromatic ring is 1. The maximum Gasteiger partial charge on any atom is 0.162 e. The molecule has 8 heteroatoms. The lowest BCUT2D eigenvalue weighted by atomic mass is 10.0. The number of benzene rings is 2. The molecule has 0 amide bonds. The lowest BCUT2D eigenvalue weighted by molar-refractivity contribution is 0.139. The van der Waals surface area contributed by atoms with Gasteiger partial charge in [-0.25, -0.2) is 9.97 Å². The molecule has 0 saturated carbocycles. The molecule has 33 heavy (non-hydrogen) atoms. The van der Waals surface area contributed by atoms with Crippen LogP contribution in [0.25, 0.3) is 21.8 Å². The summed E-state index contributed by atoms with van der Waals surface area (Å²) in [6.07, 6.45) is 2.61. The van der Waals surface area contributed by atoms with Crippen LogP contribution in [0.2, 0.25) is 0 Å². The fourth-order valence-electron chi connectivity index (χ4n) is 4.18. The van der Waals surface area contributed by atoms with Gasteiger partial charge in [-0.3, -0.25) is 4.98 Å². The molecule has 1 saturated heterocycles. The van der Waals surface area contributed by atoms with E-state index in [9.17, 15) is 0 Å². The first-order valence-corrected chi connectivity index (χ1v) is 11.0. The van der Waals surface area contributed by atoms with Crippen molar-refractivity contribution in [3.63, 3.8) is 0 Å². The minimum Gasteiger partial charge on any atom is -0.493 e. The van der Waals surface area contributed by atoms with E-state index in [-0.39, 0.29) is 12.1 Å². The third-order valence-electron chi connectivity index (χ3n) is 5.88. The highest BCUT2D eigenvalue weighted by atomic mass is 16.6. The minimum absolute atomic E-state index is 0.00670. The summed E-state index contributed by atoms with van der Waals surface area (Å²) in [5.41, 5.74) is 9.57. The highest BCUT2D eigenvalue weighted by molar-refractivity contribution is 5.92. The van der Waals surface area contributed by atoms with Gasteiger partial charge in [0.2, 0.25) is 0 Å². The Labute approximate surface area is 192 Å². The van der Waals surface area contributed by atoms with Gasteiger partial charge in [0.1, 0.15) is 17.7 Å². The normalized spacial score (nSPS) is 16.8. The molecule has 0 spiro atoms. The maximum atomic E-state index is 6.28. The second-order valence-electron chi connectivity index (χ2n) is 8.29. The summed E-state index contributed by atoms with van der Waals surface area (Å²) >= 11 is 0. The van der Waals surface area contributed by atoms with Gasteiger partial charge < -0.3 is 25.3 Å². The molecule has 1 fully saturated rings. The van der Waals surface area contributed by atoms with Crippen molar-refractivity contribution in [2.45, 2.75) is 32.4 Å². The van der Waals surface area contributed by atoms with Crippen LogP contribution in [-0.4, -0.2) is 41.4 Å². The molecule has 1 aliphatic rings. The Morgan fingerprint density at radius 3 is 2.85 bits per heavy atom. The molecule has 3 heterocycles. The number of nitrogens with two attached hydrogens (primary N) is 1. The van der Waals surface area contributed by atoms with Crippen LogP contribution in [-0.2, 0) is 4.74 Å². The first kappa shape index (κ1) is 21.2. The van der Waals surface area contributed by atoms with Crippen LogP contribution in [0.4, 0.5) is 11.5 Å². The van der Waals surface area contributed by atoms with Gasteiger partial charge in [-0.15, -0.1) is 0 Å². The van der Waals surface area contributed by atoms with Crippen LogP contribution in [0, 0.1) is 6.92 Å². The van der Waals surface area contributed by atoms with Crippen molar-refractivity contribution in [2.24, 2.45) is 0 Å². The highest BCUT2D eigenvalue weighted by Crippen LogP contribution is 2.37. The van der Waals surface area contributed by atoms with Crippen molar-refractivity contribution in [1.29, 1.82) is 0 Å². The molecule has 0 unspecified atom stereocenters. The van der Waals surface area contributed by atoms with Crippen molar-refractivity contribution < 1.29 is 14.2 Å². The summed E-state index contributed by atoms with van der Waals surface area (Å²) in [5, 5.41) is 5.41. The van der Waals surface area contributed by atoms with Crippen LogP contribution < -0.4 is 20.5 Å². The van der Waals surface area contributed by atoms with Crippen molar-refractivity contribution in [1.82, 2.24) is 15.0 Å². The number of fused-ring (bicyclic) bond motifs is 2. The molecule has 2 atom stereocenters. The van der Waals surface area contributed by atoms with E-state index in [1.54, 1.807) is 13.3 Å². The second-order valence-corrected chi connectivity index (χ2v) is 8.29. The van der Waals surface area contributed by atoms with Crippen molar-refractivity contribution in [3.8, 4) is 11.5 Å². The number of ether oxygens (including phenoxy) is 3. The number of anilines is 2. The number of aryl methyl sites for hydroxylation is 1. The first-order valence-electron chi connectivity index (χ1n) is 11.0. The second kappa shape index (κ2) is 8.71. The fourth-order valence-corrected chi connectivity index (χ4v) is 4.18. The number of rotatable bonds is 6. The largest absolute Gasteiger partial charge is 0.493 e. The third-order valence-corrected chi connectivity index (χ3v) is 5.88. The van der Waals surface area contributed by atoms with E-state index >= 15 is 0 Å². The van der Waals surface area contributed by atoms with Crippen LogP contribution in [0.3, 0.4) is 0 Å². The lowest BCUT2D eigenvalue weighted by Gasteiger charge is -2.20. The topological polar surface area (TPSA) is 104 Å². The van der Waals surface area contributed by atoms with Crippen LogP contribution in [0.5, 0.6) is 11.5 Å². The molecule has 5 rings (SSSR count). The number of pyridine rings is 1. The highest BCUT2D eigenvalue weighted by Gasteiger charge is 2.21. The van der Waals surface area contributed by atoms with E-state index in [0.717, 1.165) is 39.6 Å². The third kappa shape index (κ3) is 4.21. The molecule has 0 radical (unpaired) electrons. The zero-order valence-corrected chi connectivity index (χ0v) is 19.0. The first-order chi connectivity index (χ1) is 16.0. The van der Waals surface area contributed by atoms with E-state index in [0.29, 0.717) is 36.2 Å². The molecular weight excluding hydrogens is 418 g/mol. The van der Waals surface area contributed by atoms with Crippen LogP contribution in [0.1, 0.15) is 30.8 Å². The predicted molar refractivity (Wildman–Crippen MR) is 129 cm³/mol. The summed E-state index contributed by atoms with van der Waals surface area (Å²) in [6, 6.07) is 11.8. The summed E-state index contributed by atoms with van der Waals surface area (Å²) in [5.74, 6) is 2.69. The fraction of sp³-hybridized carbons (Fsp3) is 0.320. The average molecular weight is 446 g/mol. The molecule has 4 aromatic rings. The van der Waals surface area contributed by atoms with E-state index in [1.807, 2.05) is 37.3 Å². The number of methoxy groups -OCH3 is 1. The standard InChI is InChI=1S/C25H27N5O3/c1-14(17-9-16-5-4-7-27-24(16)20(26)10-17)28-25-19-11-23(33-18-6-8-32-13-18)22(31-3)12-21(19)29-15(2)30-25/h4-5,7,9-12,14,18H,6,8,13,26H2,1-3H3,(H,28,29,30)/t14-,18+/m1/s1. The van der Waals surface area contributed by atoms with Gasteiger partial charge >= 0.3 is 0 Å².